The van der Waals surface area contributed by atoms with Gasteiger partial charge in [-0.1, -0.05) is 29.8 Å². The van der Waals surface area contributed by atoms with Crippen LogP contribution in [0, 0.1) is 11.3 Å². The highest BCUT2D eigenvalue weighted by Crippen LogP contribution is 2.41. The summed E-state index contributed by atoms with van der Waals surface area (Å²) < 4.78 is 16.0. The zero-order valence-electron chi connectivity index (χ0n) is 13.1. The molecular weight excluding hydrogens is 314 g/mol. The topological polar surface area (TPSA) is 51.5 Å². The Labute approximate surface area is 140 Å². The molecule has 0 amide bonds. The van der Waals surface area contributed by atoms with E-state index in [1.165, 1.54) is 14.2 Å². The summed E-state index contributed by atoms with van der Waals surface area (Å²) in [6.45, 7) is 0. The molecule has 0 heterocycles. The third-order valence-electron chi connectivity index (χ3n) is 3.32. The quantitative estimate of drug-likeness (QED) is 0.601. The van der Waals surface area contributed by atoms with Crippen LogP contribution in [0.4, 0.5) is 0 Å². The van der Waals surface area contributed by atoms with Gasteiger partial charge in [-0.3, -0.25) is 0 Å². The van der Waals surface area contributed by atoms with Crippen molar-refractivity contribution in [2.75, 3.05) is 21.3 Å². The van der Waals surface area contributed by atoms with E-state index in [1.807, 2.05) is 12.1 Å². The van der Waals surface area contributed by atoms with Gasteiger partial charge in [0.1, 0.15) is 0 Å². The van der Waals surface area contributed by atoms with Crippen molar-refractivity contribution in [1.82, 2.24) is 0 Å². The average molecular weight is 330 g/mol. The van der Waals surface area contributed by atoms with Gasteiger partial charge >= 0.3 is 0 Å². The molecule has 5 heteroatoms. The van der Waals surface area contributed by atoms with E-state index in [2.05, 4.69) is 6.07 Å². The number of hydrogen-bond donors (Lipinski definition) is 0. The van der Waals surface area contributed by atoms with E-state index in [-0.39, 0.29) is 0 Å². The van der Waals surface area contributed by atoms with Crippen molar-refractivity contribution in [1.29, 1.82) is 5.26 Å². The van der Waals surface area contributed by atoms with E-state index < -0.39 is 0 Å². The molecule has 0 unspecified atom stereocenters. The summed E-state index contributed by atoms with van der Waals surface area (Å²) in [5, 5.41) is 10.00. The zero-order chi connectivity index (χ0) is 16.8. The van der Waals surface area contributed by atoms with Gasteiger partial charge in [0.25, 0.3) is 0 Å². The lowest BCUT2D eigenvalue weighted by Gasteiger charge is -2.14. The fourth-order valence-electron chi connectivity index (χ4n) is 2.24. The lowest BCUT2D eigenvalue weighted by Crippen LogP contribution is -1.97. The smallest absolute Gasteiger partial charge is 0.203 e. The minimum Gasteiger partial charge on any atom is -0.493 e. The number of benzene rings is 2. The molecule has 0 fully saturated rings. The van der Waals surface area contributed by atoms with Crippen LogP contribution in [-0.4, -0.2) is 21.3 Å². The highest BCUT2D eigenvalue weighted by atomic mass is 35.5. The van der Waals surface area contributed by atoms with E-state index in [4.69, 9.17) is 25.8 Å². The van der Waals surface area contributed by atoms with Crippen molar-refractivity contribution < 1.29 is 14.2 Å². The maximum absolute atomic E-state index is 9.48. The normalized spacial score (nSPS) is 10.8. The molecule has 0 radical (unpaired) electrons. The number of methoxy groups -OCH3 is 3. The van der Waals surface area contributed by atoms with E-state index in [9.17, 15) is 5.26 Å². The second kappa shape index (κ2) is 7.57. The molecule has 4 nitrogen and oxygen atoms in total. The van der Waals surface area contributed by atoms with Gasteiger partial charge in [-0.05, 0) is 24.3 Å². The van der Waals surface area contributed by atoms with Crippen LogP contribution in [0.15, 0.2) is 36.4 Å². The van der Waals surface area contributed by atoms with E-state index in [0.717, 1.165) is 0 Å². The minimum absolute atomic E-state index is 0.432. The number of rotatable bonds is 5. The third-order valence-corrected chi connectivity index (χ3v) is 3.65. The molecule has 2 aromatic carbocycles. The van der Waals surface area contributed by atoms with Gasteiger partial charge in [-0.2, -0.15) is 5.26 Å². The van der Waals surface area contributed by atoms with Crippen LogP contribution in [0.3, 0.4) is 0 Å². The molecule has 0 aliphatic heterocycles. The van der Waals surface area contributed by atoms with Gasteiger partial charge in [0.05, 0.1) is 33.0 Å². The Bertz CT molecular complexity index is 778. The predicted molar refractivity (Wildman–Crippen MR) is 91.0 cm³/mol. The van der Waals surface area contributed by atoms with Gasteiger partial charge in [-0.25, -0.2) is 0 Å². The molecule has 2 aromatic rings. The highest BCUT2D eigenvalue weighted by Gasteiger charge is 2.16. The average Bonchev–Trinajstić information content (AvgIpc) is 2.59. The molecule has 0 aliphatic rings. The van der Waals surface area contributed by atoms with E-state index in [0.29, 0.717) is 39.0 Å². The fraction of sp³-hybridized carbons (Fsp3) is 0.167. The van der Waals surface area contributed by atoms with Crippen LogP contribution in [-0.2, 0) is 0 Å². The van der Waals surface area contributed by atoms with Gasteiger partial charge in [-0.15, -0.1) is 0 Å². The number of nitriles is 1. The zero-order valence-corrected chi connectivity index (χ0v) is 13.8. The number of ether oxygens (including phenoxy) is 3. The molecule has 0 saturated heterocycles. The maximum Gasteiger partial charge on any atom is 0.203 e. The Hall–Kier alpha value is -2.64. The largest absolute Gasteiger partial charge is 0.493 e. The summed E-state index contributed by atoms with van der Waals surface area (Å²) in [5.74, 6) is 1.52. The predicted octanol–water partition coefficient (Wildman–Crippen LogP) is 4.43. The molecule has 0 spiro atoms. The number of hydrogen-bond acceptors (Lipinski definition) is 4. The molecule has 0 atom stereocenters. The second-order valence-corrected chi connectivity index (χ2v) is 4.98. The first-order valence-corrected chi connectivity index (χ1v) is 7.19. The monoisotopic (exact) mass is 329 g/mol. The maximum atomic E-state index is 9.48. The van der Waals surface area contributed by atoms with Crippen molar-refractivity contribution in [2.24, 2.45) is 0 Å². The SMILES string of the molecule is COc1ccc(C=C(C#N)c2ccccc2Cl)c(OC)c1OC. The summed E-state index contributed by atoms with van der Waals surface area (Å²) >= 11 is 6.18. The van der Waals surface area contributed by atoms with Crippen molar-refractivity contribution >= 4 is 23.3 Å². The summed E-state index contributed by atoms with van der Waals surface area (Å²) in [6.07, 6.45) is 1.71. The number of halogens is 1. The molecule has 0 saturated carbocycles. The third kappa shape index (κ3) is 3.41. The van der Waals surface area contributed by atoms with Crippen molar-refractivity contribution in [2.45, 2.75) is 0 Å². The van der Waals surface area contributed by atoms with Crippen LogP contribution < -0.4 is 14.2 Å². The van der Waals surface area contributed by atoms with Gasteiger partial charge in [0, 0.05) is 16.1 Å². The Morgan fingerprint density at radius 2 is 1.70 bits per heavy atom. The molecule has 2 rings (SSSR count). The molecule has 0 aromatic heterocycles. The van der Waals surface area contributed by atoms with Crippen LogP contribution in [0.1, 0.15) is 11.1 Å². The Morgan fingerprint density at radius 3 is 2.26 bits per heavy atom. The second-order valence-electron chi connectivity index (χ2n) is 4.57. The Balaban J connectivity index is 2.62. The van der Waals surface area contributed by atoms with Crippen molar-refractivity contribution in [3.8, 4) is 23.3 Å². The van der Waals surface area contributed by atoms with Gasteiger partial charge in [0.2, 0.25) is 5.75 Å². The molecule has 0 N–H and O–H groups in total. The van der Waals surface area contributed by atoms with Crippen LogP contribution in [0.2, 0.25) is 5.02 Å². The van der Waals surface area contributed by atoms with Crippen LogP contribution in [0.5, 0.6) is 17.2 Å². The van der Waals surface area contributed by atoms with Gasteiger partial charge in [0.15, 0.2) is 11.5 Å². The van der Waals surface area contributed by atoms with Gasteiger partial charge < -0.3 is 14.2 Å². The first kappa shape index (κ1) is 16.7. The first-order chi connectivity index (χ1) is 11.2. The Morgan fingerprint density at radius 1 is 1.00 bits per heavy atom. The van der Waals surface area contributed by atoms with Crippen molar-refractivity contribution in [3.63, 3.8) is 0 Å². The highest BCUT2D eigenvalue weighted by molar-refractivity contribution is 6.32. The molecular formula is C18H16ClNO3. The number of allylic oxidation sites excluding steroid dienone is 1. The fourth-order valence-corrected chi connectivity index (χ4v) is 2.48. The molecule has 0 aliphatic carbocycles. The Kier molecular flexibility index (Phi) is 5.51. The summed E-state index contributed by atoms with van der Waals surface area (Å²) in [4.78, 5) is 0. The lowest BCUT2D eigenvalue weighted by atomic mass is 10.0. The van der Waals surface area contributed by atoms with E-state index >= 15 is 0 Å². The summed E-state index contributed by atoms with van der Waals surface area (Å²) in [7, 11) is 4.63. The molecule has 23 heavy (non-hydrogen) atoms. The lowest BCUT2D eigenvalue weighted by molar-refractivity contribution is 0.324. The molecule has 0 bridgehead atoms. The first-order valence-electron chi connectivity index (χ1n) is 6.82. The number of nitrogens with zero attached hydrogens (tertiary/aromatic N) is 1. The molecule has 118 valence electrons. The van der Waals surface area contributed by atoms with Crippen LogP contribution in [0.25, 0.3) is 11.6 Å². The van der Waals surface area contributed by atoms with Crippen molar-refractivity contribution in [3.05, 3.63) is 52.5 Å². The summed E-state index contributed by atoms with van der Waals surface area (Å²) in [5.41, 5.74) is 1.79. The minimum atomic E-state index is 0.432. The van der Waals surface area contributed by atoms with E-state index in [1.54, 1.807) is 37.5 Å². The standard InChI is InChI=1S/C18H16ClNO3/c1-21-16-9-8-12(17(22-2)18(16)23-3)10-13(11-20)14-6-4-5-7-15(14)19/h4-10H,1-3H3. The van der Waals surface area contributed by atoms with Crippen LogP contribution >= 0.6 is 11.6 Å². The summed E-state index contributed by atoms with van der Waals surface area (Å²) in [6, 6.07) is 12.9.